The molecule has 0 saturated carbocycles. The van der Waals surface area contributed by atoms with Gasteiger partial charge in [-0.25, -0.2) is 9.67 Å². The van der Waals surface area contributed by atoms with E-state index in [1.165, 1.54) is 30.5 Å². The smallest absolute Gasteiger partial charge is 0.286 e. The number of ether oxygens (including phenoxy) is 2. The largest absolute Gasteiger partial charge is 0.493 e. The van der Waals surface area contributed by atoms with Crippen LogP contribution in [0.25, 0.3) is 5.69 Å². The van der Waals surface area contributed by atoms with Crippen LogP contribution in [0.3, 0.4) is 0 Å². The highest BCUT2D eigenvalue weighted by molar-refractivity contribution is 5.99. The van der Waals surface area contributed by atoms with Crippen molar-refractivity contribution in [1.82, 2.24) is 19.7 Å². The maximum Gasteiger partial charge on any atom is 0.286 e. The first-order chi connectivity index (χ1) is 14.9. The van der Waals surface area contributed by atoms with Crippen LogP contribution in [0.5, 0.6) is 11.5 Å². The normalized spacial score (nSPS) is 11.6. The molecule has 1 heterocycles. The molecule has 0 aliphatic heterocycles. The SMILES string of the molecule is CCOc1cc([N+](=O)[O-])c(C(=O)N(C)C(C)c2ccc(-n3cncn3)cc2)cc1OC. The van der Waals surface area contributed by atoms with E-state index in [1.807, 2.05) is 31.2 Å². The Morgan fingerprint density at radius 3 is 2.52 bits per heavy atom. The summed E-state index contributed by atoms with van der Waals surface area (Å²) in [5.41, 5.74) is 1.28. The Morgan fingerprint density at radius 2 is 1.97 bits per heavy atom. The molecule has 1 unspecified atom stereocenters. The van der Waals surface area contributed by atoms with Gasteiger partial charge in [0.25, 0.3) is 11.6 Å². The Hall–Kier alpha value is -3.95. The fourth-order valence-corrected chi connectivity index (χ4v) is 3.14. The minimum atomic E-state index is -0.597. The van der Waals surface area contributed by atoms with Crippen molar-refractivity contribution in [3.63, 3.8) is 0 Å². The maximum atomic E-state index is 13.2. The van der Waals surface area contributed by atoms with Crippen molar-refractivity contribution < 1.29 is 19.2 Å². The second-order valence-corrected chi connectivity index (χ2v) is 6.73. The number of benzene rings is 2. The van der Waals surface area contributed by atoms with Gasteiger partial charge in [-0.2, -0.15) is 5.10 Å². The molecule has 0 saturated heterocycles. The number of amides is 1. The van der Waals surface area contributed by atoms with Crippen LogP contribution in [0, 0.1) is 10.1 Å². The van der Waals surface area contributed by atoms with E-state index >= 15 is 0 Å². The van der Waals surface area contributed by atoms with Gasteiger partial charge in [0, 0.05) is 13.1 Å². The zero-order valence-electron chi connectivity index (χ0n) is 17.7. The van der Waals surface area contributed by atoms with Gasteiger partial charge < -0.3 is 14.4 Å². The fraction of sp³-hybridized carbons (Fsp3) is 0.286. The van der Waals surface area contributed by atoms with Crippen molar-refractivity contribution in [2.24, 2.45) is 0 Å². The van der Waals surface area contributed by atoms with Crippen LogP contribution >= 0.6 is 0 Å². The molecule has 0 N–H and O–H groups in total. The van der Waals surface area contributed by atoms with E-state index in [1.54, 1.807) is 25.0 Å². The number of methoxy groups -OCH3 is 1. The Balaban J connectivity index is 1.90. The van der Waals surface area contributed by atoms with Crippen molar-refractivity contribution in [2.45, 2.75) is 19.9 Å². The van der Waals surface area contributed by atoms with Crippen LogP contribution in [-0.2, 0) is 0 Å². The number of carbonyl (C=O) groups excluding carboxylic acids is 1. The molecule has 10 nitrogen and oxygen atoms in total. The van der Waals surface area contributed by atoms with E-state index < -0.39 is 10.8 Å². The van der Waals surface area contributed by atoms with Crippen molar-refractivity contribution in [3.8, 4) is 17.2 Å². The summed E-state index contributed by atoms with van der Waals surface area (Å²) in [6.45, 7) is 3.91. The summed E-state index contributed by atoms with van der Waals surface area (Å²) in [7, 11) is 3.02. The summed E-state index contributed by atoms with van der Waals surface area (Å²) in [6.07, 6.45) is 3.04. The molecule has 0 aliphatic rings. The van der Waals surface area contributed by atoms with Gasteiger partial charge in [0.1, 0.15) is 18.2 Å². The van der Waals surface area contributed by atoms with E-state index in [0.29, 0.717) is 6.61 Å². The van der Waals surface area contributed by atoms with Crippen LogP contribution in [0.1, 0.15) is 35.8 Å². The minimum Gasteiger partial charge on any atom is -0.493 e. The molecule has 3 rings (SSSR count). The van der Waals surface area contributed by atoms with E-state index in [9.17, 15) is 14.9 Å². The van der Waals surface area contributed by atoms with Gasteiger partial charge in [0.2, 0.25) is 0 Å². The summed E-state index contributed by atoms with van der Waals surface area (Å²) < 4.78 is 12.3. The highest BCUT2D eigenvalue weighted by atomic mass is 16.6. The van der Waals surface area contributed by atoms with Gasteiger partial charge in [0.05, 0.1) is 36.4 Å². The van der Waals surface area contributed by atoms with Gasteiger partial charge in [0.15, 0.2) is 11.5 Å². The third kappa shape index (κ3) is 4.47. The van der Waals surface area contributed by atoms with Crippen molar-refractivity contribution in [3.05, 3.63) is 70.3 Å². The van der Waals surface area contributed by atoms with Crippen LogP contribution in [0.2, 0.25) is 0 Å². The minimum absolute atomic E-state index is 0.0705. The highest BCUT2D eigenvalue weighted by Gasteiger charge is 2.29. The lowest BCUT2D eigenvalue weighted by Crippen LogP contribution is -2.30. The molecule has 0 spiro atoms. The Labute approximate surface area is 179 Å². The third-order valence-corrected chi connectivity index (χ3v) is 4.97. The fourth-order valence-electron chi connectivity index (χ4n) is 3.14. The topological polar surface area (TPSA) is 113 Å². The van der Waals surface area contributed by atoms with Crippen molar-refractivity contribution in [1.29, 1.82) is 0 Å². The van der Waals surface area contributed by atoms with E-state index in [-0.39, 0.29) is 28.8 Å². The number of hydrogen-bond acceptors (Lipinski definition) is 7. The number of hydrogen-bond donors (Lipinski definition) is 0. The van der Waals surface area contributed by atoms with Crippen LogP contribution in [-0.4, -0.2) is 51.3 Å². The molecule has 0 aliphatic carbocycles. The predicted octanol–water partition coefficient (Wildman–Crippen LogP) is 3.42. The standard InChI is InChI=1S/C21H23N5O5/c1-5-31-20-11-18(26(28)29)17(10-19(20)30-4)21(27)24(3)14(2)15-6-8-16(9-7-15)25-13-22-12-23-25/h6-14H,5H2,1-4H3. The lowest BCUT2D eigenvalue weighted by atomic mass is 10.0. The van der Waals surface area contributed by atoms with Crippen LogP contribution in [0.4, 0.5) is 5.69 Å². The molecular formula is C21H23N5O5. The van der Waals surface area contributed by atoms with Gasteiger partial charge >= 0.3 is 0 Å². The van der Waals surface area contributed by atoms with Gasteiger partial charge in [-0.1, -0.05) is 12.1 Å². The summed E-state index contributed by atoms with van der Waals surface area (Å²) in [6, 6.07) is 9.71. The summed E-state index contributed by atoms with van der Waals surface area (Å²) >= 11 is 0. The van der Waals surface area contributed by atoms with Gasteiger partial charge in [-0.05, 0) is 31.5 Å². The van der Waals surface area contributed by atoms with Gasteiger partial charge in [-0.3, -0.25) is 14.9 Å². The molecule has 0 fully saturated rings. The number of nitrogens with zero attached hydrogens (tertiary/aromatic N) is 5. The van der Waals surface area contributed by atoms with Crippen LogP contribution < -0.4 is 9.47 Å². The number of carbonyl (C=O) groups is 1. The summed E-state index contributed by atoms with van der Waals surface area (Å²) in [4.78, 5) is 29.6. The molecule has 10 heteroatoms. The summed E-state index contributed by atoms with van der Waals surface area (Å²) in [5, 5.41) is 15.7. The first-order valence-corrected chi connectivity index (χ1v) is 9.58. The van der Waals surface area contributed by atoms with E-state index in [2.05, 4.69) is 10.1 Å². The Kier molecular flexibility index (Phi) is 6.49. The lowest BCUT2D eigenvalue weighted by Gasteiger charge is -2.26. The number of rotatable bonds is 8. The molecule has 0 radical (unpaired) electrons. The van der Waals surface area contributed by atoms with Crippen molar-refractivity contribution in [2.75, 3.05) is 20.8 Å². The first-order valence-electron chi connectivity index (χ1n) is 9.58. The van der Waals surface area contributed by atoms with Crippen molar-refractivity contribution >= 4 is 11.6 Å². The number of nitro groups is 1. The van der Waals surface area contributed by atoms with E-state index in [0.717, 1.165) is 11.3 Å². The van der Waals surface area contributed by atoms with E-state index in [4.69, 9.17) is 9.47 Å². The van der Waals surface area contributed by atoms with Gasteiger partial charge in [-0.15, -0.1) is 0 Å². The highest BCUT2D eigenvalue weighted by Crippen LogP contribution is 2.36. The molecule has 1 atom stereocenters. The Bertz CT molecular complexity index is 1070. The molecule has 162 valence electrons. The lowest BCUT2D eigenvalue weighted by molar-refractivity contribution is -0.385. The second kappa shape index (κ2) is 9.24. The number of nitro benzene ring substituents is 1. The Morgan fingerprint density at radius 1 is 1.26 bits per heavy atom. The quantitative estimate of drug-likeness (QED) is 0.401. The summed E-state index contributed by atoms with van der Waals surface area (Å²) in [5.74, 6) is -0.0254. The number of aromatic nitrogens is 3. The average molecular weight is 425 g/mol. The second-order valence-electron chi connectivity index (χ2n) is 6.73. The third-order valence-electron chi connectivity index (χ3n) is 4.97. The molecule has 2 aromatic carbocycles. The predicted molar refractivity (Wildman–Crippen MR) is 113 cm³/mol. The van der Waals surface area contributed by atoms with Crippen LogP contribution in [0.15, 0.2) is 49.1 Å². The maximum absolute atomic E-state index is 13.2. The zero-order chi connectivity index (χ0) is 22.5. The molecule has 0 bridgehead atoms. The molecule has 1 aromatic heterocycles. The molecular weight excluding hydrogens is 402 g/mol. The zero-order valence-corrected chi connectivity index (χ0v) is 17.7. The first kappa shape index (κ1) is 21.8. The monoisotopic (exact) mass is 425 g/mol. The molecule has 1 amide bonds. The average Bonchev–Trinajstić information content (AvgIpc) is 3.32. The molecule has 3 aromatic rings. The molecule has 31 heavy (non-hydrogen) atoms.